The molecule has 0 saturated heterocycles. The van der Waals surface area contributed by atoms with Crippen LogP contribution >= 0.6 is 0 Å². The summed E-state index contributed by atoms with van der Waals surface area (Å²) in [5.74, 6) is 2.69. The van der Waals surface area contributed by atoms with Gasteiger partial charge in [-0.05, 0) is 38.5 Å². The van der Waals surface area contributed by atoms with Crippen LogP contribution in [-0.2, 0) is 13.0 Å². The first-order valence-corrected chi connectivity index (χ1v) is 7.85. The van der Waals surface area contributed by atoms with E-state index in [1.54, 1.807) is 0 Å². The van der Waals surface area contributed by atoms with Crippen LogP contribution in [0.5, 0.6) is 0 Å². The van der Waals surface area contributed by atoms with E-state index in [4.69, 9.17) is 9.97 Å². The van der Waals surface area contributed by atoms with Gasteiger partial charge in [0, 0.05) is 36.7 Å². The van der Waals surface area contributed by atoms with E-state index in [1.165, 1.54) is 49.1 Å². The first-order valence-electron chi connectivity index (χ1n) is 7.85. The van der Waals surface area contributed by atoms with Gasteiger partial charge in [-0.25, -0.2) is 9.97 Å². The lowest BCUT2D eigenvalue weighted by Crippen LogP contribution is -2.27. The molecule has 0 atom stereocenters. The van der Waals surface area contributed by atoms with Gasteiger partial charge in [0.25, 0.3) is 0 Å². The van der Waals surface area contributed by atoms with Crippen LogP contribution < -0.4 is 5.32 Å². The number of nitrogens with one attached hydrogen (secondary N) is 1. The molecule has 3 heteroatoms. The van der Waals surface area contributed by atoms with Gasteiger partial charge in [0.1, 0.15) is 5.82 Å². The lowest BCUT2D eigenvalue weighted by atomic mass is 9.80. The number of nitrogens with zero attached hydrogens (tertiary/aromatic N) is 2. The average Bonchev–Trinajstić information content (AvgIpc) is 2.47. The van der Waals surface area contributed by atoms with Crippen LogP contribution in [0.2, 0.25) is 0 Å². The summed E-state index contributed by atoms with van der Waals surface area (Å²) in [5.41, 5.74) is 3.85. The van der Waals surface area contributed by atoms with Gasteiger partial charge in [-0.15, -0.1) is 0 Å². The molecule has 3 rings (SSSR count). The van der Waals surface area contributed by atoms with Crippen LogP contribution in [0.15, 0.2) is 0 Å². The molecule has 0 aromatic carbocycles. The first kappa shape index (κ1) is 13.0. The Hall–Kier alpha value is -0.960. The summed E-state index contributed by atoms with van der Waals surface area (Å²) in [6, 6.07) is 0. The van der Waals surface area contributed by atoms with Crippen LogP contribution in [0.3, 0.4) is 0 Å². The fourth-order valence-electron chi connectivity index (χ4n) is 3.55. The Morgan fingerprint density at radius 1 is 1.16 bits per heavy atom. The molecule has 1 aliphatic heterocycles. The molecular formula is C16H25N3. The molecule has 2 heterocycles. The third-order valence-electron chi connectivity index (χ3n) is 4.95. The average molecular weight is 259 g/mol. The summed E-state index contributed by atoms with van der Waals surface area (Å²) in [4.78, 5) is 9.71. The van der Waals surface area contributed by atoms with Crippen LogP contribution in [0.4, 0.5) is 0 Å². The van der Waals surface area contributed by atoms with Gasteiger partial charge in [0.15, 0.2) is 0 Å². The summed E-state index contributed by atoms with van der Waals surface area (Å²) >= 11 is 0. The van der Waals surface area contributed by atoms with Crippen molar-refractivity contribution in [3.63, 3.8) is 0 Å². The van der Waals surface area contributed by atoms with Crippen LogP contribution in [0.1, 0.15) is 67.7 Å². The van der Waals surface area contributed by atoms with Gasteiger partial charge in [-0.1, -0.05) is 13.3 Å². The number of hydrogen-bond acceptors (Lipinski definition) is 3. The molecule has 0 radical (unpaired) electrons. The maximum Gasteiger partial charge on any atom is 0.131 e. The molecule has 1 N–H and O–H groups in total. The highest BCUT2D eigenvalue weighted by Crippen LogP contribution is 2.36. The smallest absolute Gasteiger partial charge is 0.131 e. The maximum atomic E-state index is 4.90. The van der Waals surface area contributed by atoms with Gasteiger partial charge in [-0.3, -0.25) is 0 Å². The Kier molecular flexibility index (Phi) is 3.83. The first-order chi connectivity index (χ1) is 9.28. The maximum absolute atomic E-state index is 4.90. The SMILES string of the molecule is CCC1CCC(c2nc(C)c3c(n2)CCNC3)CC1. The number of rotatable bonds is 2. The van der Waals surface area contributed by atoms with Crippen molar-refractivity contribution < 1.29 is 0 Å². The van der Waals surface area contributed by atoms with Gasteiger partial charge >= 0.3 is 0 Å². The second-order valence-corrected chi connectivity index (χ2v) is 6.15. The third kappa shape index (κ3) is 2.66. The van der Waals surface area contributed by atoms with Crippen LogP contribution in [-0.4, -0.2) is 16.5 Å². The topological polar surface area (TPSA) is 37.8 Å². The summed E-state index contributed by atoms with van der Waals surface area (Å²) in [5, 5.41) is 3.41. The van der Waals surface area contributed by atoms with Crippen molar-refractivity contribution in [2.24, 2.45) is 5.92 Å². The normalized spacial score (nSPS) is 27.1. The second kappa shape index (κ2) is 5.58. The molecule has 1 fully saturated rings. The van der Waals surface area contributed by atoms with Gasteiger partial charge in [0.2, 0.25) is 0 Å². The third-order valence-corrected chi connectivity index (χ3v) is 4.95. The Bertz CT molecular complexity index is 448. The zero-order chi connectivity index (χ0) is 13.2. The number of aryl methyl sites for hydroxylation is 1. The Balaban J connectivity index is 1.80. The monoisotopic (exact) mass is 259 g/mol. The van der Waals surface area contributed by atoms with Crippen molar-refractivity contribution in [1.29, 1.82) is 0 Å². The lowest BCUT2D eigenvalue weighted by molar-refractivity contribution is 0.311. The molecule has 1 saturated carbocycles. The summed E-state index contributed by atoms with van der Waals surface area (Å²) < 4.78 is 0. The minimum atomic E-state index is 0.613. The molecule has 1 aromatic rings. The molecule has 3 nitrogen and oxygen atoms in total. The minimum Gasteiger partial charge on any atom is -0.312 e. The van der Waals surface area contributed by atoms with Gasteiger partial charge in [-0.2, -0.15) is 0 Å². The molecule has 0 unspecified atom stereocenters. The van der Waals surface area contributed by atoms with Crippen molar-refractivity contribution in [3.05, 3.63) is 22.8 Å². The fraction of sp³-hybridized carbons (Fsp3) is 0.750. The van der Waals surface area contributed by atoms with Crippen molar-refractivity contribution in [2.45, 2.75) is 64.8 Å². The highest BCUT2D eigenvalue weighted by atomic mass is 15.0. The van der Waals surface area contributed by atoms with Crippen molar-refractivity contribution in [1.82, 2.24) is 15.3 Å². The predicted octanol–water partition coefficient (Wildman–Crippen LogP) is 3.11. The van der Waals surface area contributed by atoms with Crippen LogP contribution in [0.25, 0.3) is 0 Å². The Morgan fingerprint density at radius 2 is 1.95 bits per heavy atom. The molecule has 19 heavy (non-hydrogen) atoms. The zero-order valence-electron chi connectivity index (χ0n) is 12.2. The summed E-state index contributed by atoms with van der Waals surface area (Å²) in [6.45, 7) is 6.47. The Morgan fingerprint density at radius 3 is 2.68 bits per heavy atom. The van der Waals surface area contributed by atoms with E-state index >= 15 is 0 Å². The van der Waals surface area contributed by atoms with E-state index in [0.717, 1.165) is 31.3 Å². The highest BCUT2D eigenvalue weighted by Gasteiger charge is 2.25. The van der Waals surface area contributed by atoms with E-state index in [2.05, 4.69) is 19.2 Å². The van der Waals surface area contributed by atoms with E-state index in [1.807, 2.05) is 0 Å². The number of fused-ring (bicyclic) bond motifs is 1. The Labute approximate surface area is 116 Å². The molecule has 1 aliphatic carbocycles. The minimum absolute atomic E-state index is 0.613. The van der Waals surface area contributed by atoms with Crippen molar-refractivity contribution in [2.75, 3.05) is 6.54 Å². The molecule has 0 spiro atoms. The van der Waals surface area contributed by atoms with E-state index in [0.29, 0.717) is 5.92 Å². The molecule has 2 aliphatic rings. The van der Waals surface area contributed by atoms with Crippen LogP contribution in [0, 0.1) is 12.8 Å². The molecule has 1 aromatic heterocycles. The highest BCUT2D eigenvalue weighted by molar-refractivity contribution is 5.28. The van der Waals surface area contributed by atoms with E-state index in [9.17, 15) is 0 Å². The largest absolute Gasteiger partial charge is 0.312 e. The van der Waals surface area contributed by atoms with Gasteiger partial charge in [0.05, 0.1) is 5.69 Å². The van der Waals surface area contributed by atoms with E-state index in [-0.39, 0.29) is 0 Å². The standard InChI is InChI=1S/C16H25N3/c1-3-12-4-6-13(7-5-12)16-18-11(2)14-10-17-9-8-15(14)19-16/h12-13,17H,3-10H2,1-2H3. The zero-order valence-corrected chi connectivity index (χ0v) is 12.2. The number of hydrogen-bond donors (Lipinski definition) is 1. The van der Waals surface area contributed by atoms with E-state index < -0.39 is 0 Å². The number of aromatic nitrogens is 2. The molecule has 104 valence electrons. The molecule has 0 amide bonds. The summed E-state index contributed by atoms with van der Waals surface area (Å²) in [6.07, 6.45) is 7.70. The van der Waals surface area contributed by atoms with Crippen molar-refractivity contribution in [3.8, 4) is 0 Å². The quantitative estimate of drug-likeness (QED) is 0.886. The fourth-order valence-corrected chi connectivity index (χ4v) is 3.55. The van der Waals surface area contributed by atoms with Crippen molar-refractivity contribution >= 4 is 0 Å². The summed E-state index contributed by atoms with van der Waals surface area (Å²) in [7, 11) is 0. The lowest BCUT2D eigenvalue weighted by Gasteiger charge is -2.28. The van der Waals surface area contributed by atoms with Gasteiger partial charge < -0.3 is 5.32 Å². The molecule has 0 bridgehead atoms. The molecular weight excluding hydrogens is 234 g/mol. The second-order valence-electron chi connectivity index (χ2n) is 6.15. The predicted molar refractivity (Wildman–Crippen MR) is 77.2 cm³/mol.